The zero-order valence-corrected chi connectivity index (χ0v) is 9.74. The Hall–Kier alpha value is -1.55. The van der Waals surface area contributed by atoms with Crippen LogP contribution in [0.2, 0.25) is 5.02 Å². The number of piperidine rings is 1. The largest absolute Gasteiger partial charge is 0.469 e. The molecular formula is C12H10ClNO3. The summed E-state index contributed by atoms with van der Waals surface area (Å²) in [5.74, 6) is 0.540. The summed E-state index contributed by atoms with van der Waals surface area (Å²) in [4.78, 5) is 25.1. The number of nitrogens with zero attached hydrogens (tertiary/aromatic N) is 1. The van der Waals surface area contributed by atoms with Crippen molar-refractivity contribution < 1.29 is 14.3 Å². The maximum absolute atomic E-state index is 12.2. The molecule has 0 saturated carbocycles. The number of rotatable bonds is 0. The van der Waals surface area contributed by atoms with Crippen LogP contribution in [0.15, 0.2) is 18.2 Å². The molecule has 88 valence electrons. The van der Waals surface area contributed by atoms with Crippen LogP contribution in [0.25, 0.3) is 0 Å². The molecule has 2 aliphatic heterocycles. The summed E-state index contributed by atoms with van der Waals surface area (Å²) in [6, 6.07) is 4.95. The van der Waals surface area contributed by atoms with Crippen LogP contribution < -0.4 is 4.74 Å². The van der Waals surface area contributed by atoms with E-state index in [4.69, 9.17) is 16.3 Å². The monoisotopic (exact) mass is 251 g/mol. The normalized spacial score (nSPS) is 22.9. The first-order valence-corrected chi connectivity index (χ1v) is 5.82. The lowest BCUT2D eigenvalue weighted by molar-refractivity contribution is -0.127. The number of benzene rings is 1. The van der Waals surface area contributed by atoms with Gasteiger partial charge < -0.3 is 9.64 Å². The molecular weight excluding hydrogens is 242 g/mol. The minimum absolute atomic E-state index is 0.105. The molecule has 2 heterocycles. The Bertz CT molecular complexity index is 514. The molecule has 0 N–H and O–H groups in total. The topological polar surface area (TPSA) is 46.6 Å². The van der Waals surface area contributed by atoms with Crippen molar-refractivity contribution >= 4 is 23.3 Å². The Morgan fingerprint density at radius 1 is 1.35 bits per heavy atom. The molecule has 5 heteroatoms. The number of carbonyl (C=O) groups excluding carboxylic acids is 2. The molecule has 1 fully saturated rings. The minimum Gasteiger partial charge on any atom is -0.469 e. The first-order valence-electron chi connectivity index (χ1n) is 5.44. The fourth-order valence-corrected chi connectivity index (χ4v) is 2.38. The molecule has 2 aliphatic rings. The predicted molar refractivity (Wildman–Crippen MR) is 61.1 cm³/mol. The highest BCUT2D eigenvalue weighted by Gasteiger charge is 2.37. The highest BCUT2D eigenvalue weighted by Crippen LogP contribution is 2.32. The van der Waals surface area contributed by atoms with Crippen LogP contribution in [0.3, 0.4) is 0 Å². The van der Waals surface area contributed by atoms with Gasteiger partial charge in [0.05, 0.1) is 12.0 Å². The number of ether oxygens (including phenoxy) is 1. The first-order chi connectivity index (χ1) is 8.15. The molecule has 0 aromatic heterocycles. The van der Waals surface area contributed by atoms with Crippen LogP contribution in [0.4, 0.5) is 0 Å². The van der Waals surface area contributed by atoms with Crippen LogP contribution in [-0.2, 0) is 4.79 Å². The van der Waals surface area contributed by atoms with Crippen LogP contribution in [0, 0.1) is 0 Å². The van der Waals surface area contributed by atoms with Crippen LogP contribution in [-0.4, -0.2) is 29.4 Å². The Kier molecular flexibility index (Phi) is 2.33. The number of hydrogen-bond acceptors (Lipinski definition) is 3. The van der Waals surface area contributed by atoms with Crippen molar-refractivity contribution in [2.75, 3.05) is 6.54 Å². The van der Waals surface area contributed by atoms with Gasteiger partial charge >= 0.3 is 0 Å². The van der Waals surface area contributed by atoms with Gasteiger partial charge in [-0.05, 0) is 18.2 Å². The molecule has 0 radical (unpaired) electrons. The average Bonchev–Trinajstić information content (AvgIpc) is 2.30. The second-order valence-corrected chi connectivity index (χ2v) is 4.64. The summed E-state index contributed by atoms with van der Waals surface area (Å²) >= 11 is 5.86. The van der Waals surface area contributed by atoms with Crippen molar-refractivity contribution in [3.05, 3.63) is 28.8 Å². The molecule has 1 amide bonds. The van der Waals surface area contributed by atoms with Crippen LogP contribution in [0.5, 0.6) is 5.75 Å². The van der Waals surface area contributed by atoms with Crippen molar-refractivity contribution in [2.24, 2.45) is 0 Å². The van der Waals surface area contributed by atoms with E-state index in [1.165, 1.54) is 0 Å². The van der Waals surface area contributed by atoms with Gasteiger partial charge in [0.1, 0.15) is 11.5 Å². The van der Waals surface area contributed by atoms with Gasteiger partial charge in [-0.3, -0.25) is 9.59 Å². The van der Waals surface area contributed by atoms with Gasteiger partial charge in [-0.2, -0.15) is 0 Å². The van der Waals surface area contributed by atoms with E-state index in [-0.39, 0.29) is 18.1 Å². The smallest absolute Gasteiger partial charge is 0.260 e. The van der Waals surface area contributed by atoms with Crippen molar-refractivity contribution in [1.29, 1.82) is 0 Å². The molecule has 1 saturated heterocycles. The molecule has 4 nitrogen and oxygen atoms in total. The zero-order chi connectivity index (χ0) is 12.0. The average molecular weight is 252 g/mol. The fraction of sp³-hybridized carbons (Fsp3) is 0.333. The number of ketones is 1. The number of Topliss-reactive ketones (excluding diaryl/α,β-unsaturated/α-hetero) is 1. The minimum atomic E-state index is -0.447. The summed E-state index contributed by atoms with van der Waals surface area (Å²) in [6.45, 7) is 0.425. The van der Waals surface area contributed by atoms with Gasteiger partial charge in [0.25, 0.3) is 5.91 Å². The number of fused-ring (bicyclic) bond motifs is 2. The van der Waals surface area contributed by atoms with Crippen LogP contribution >= 0.6 is 11.6 Å². The number of hydrogen-bond donors (Lipinski definition) is 0. The van der Waals surface area contributed by atoms with E-state index in [1.807, 2.05) is 0 Å². The van der Waals surface area contributed by atoms with E-state index < -0.39 is 6.23 Å². The lowest BCUT2D eigenvalue weighted by atomic mass is 10.0. The van der Waals surface area contributed by atoms with Gasteiger partial charge in [0.15, 0.2) is 6.23 Å². The Labute approximate surface area is 103 Å². The Balaban J connectivity index is 2.02. The van der Waals surface area contributed by atoms with E-state index in [0.29, 0.717) is 29.3 Å². The molecule has 0 spiro atoms. The number of halogens is 1. The van der Waals surface area contributed by atoms with Crippen molar-refractivity contribution in [3.8, 4) is 5.75 Å². The van der Waals surface area contributed by atoms with Gasteiger partial charge in [0.2, 0.25) is 0 Å². The first kappa shape index (κ1) is 10.6. The number of carbonyl (C=O) groups is 2. The second kappa shape index (κ2) is 3.74. The summed E-state index contributed by atoms with van der Waals surface area (Å²) in [5, 5.41) is 0.507. The van der Waals surface area contributed by atoms with Crippen molar-refractivity contribution in [1.82, 2.24) is 4.90 Å². The van der Waals surface area contributed by atoms with Gasteiger partial charge in [-0.15, -0.1) is 0 Å². The second-order valence-electron chi connectivity index (χ2n) is 4.20. The summed E-state index contributed by atoms with van der Waals surface area (Å²) in [5.41, 5.74) is 0.475. The standard InChI is InChI=1S/C12H10ClNO3/c13-7-1-2-10-9(5-7)12(16)14-4-3-8(15)6-11(14)17-10/h1-2,5,11H,3-4,6H2. The Morgan fingerprint density at radius 2 is 2.18 bits per heavy atom. The summed E-state index contributed by atoms with van der Waals surface area (Å²) in [7, 11) is 0. The molecule has 1 unspecified atom stereocenters. The maximum atomic E-state index is 12.2. The lowest BCUT2D eigenvalue weighted by Crippen LogP contribution is -2.52. The molecule has 3 rings (SSSR count). The van der Waals surface area contributed by atoms with Gasteiger partial charge in [-0.1, -0.05) is 11.6 Å². The lowest BCUT2D eigenvalue weighted by Gasteiger charge is -2.39. The SMILES string of the molecule is O=C1CCN2C(=O)c3cc(Cl)ccc3OC2C1. The third-order valence-corrected chi connectivity index (χ3v) is 3.31. The molecule has 0 bridgehead atoms. The van der Waals surface area contributed by atoms with E-state index in [9.17, 15) is 9.59 Å². The quantitative estimate of drug-likeness (QED) is 0.707. The highest BCUT2D eigenvalue weighted by atomic mass is 35.5. The summed E-state index contributed by atoms with van der Waals surface area (Å²) in [6.07, 6.45) is 0.229. The number of amides is 1. The Morgan fingerprint density at radius 3 is 3.00 bits per heavy atom. The molecule has 1 aromatic carbocycles. The molecule has 17 heavy (non-hydrogen) atoms. The van der Waals surface area contributed by atoms with Gasteiger partial charge in [0, 0.05) is 18.0 Å². The van der Waals surface area contributed by atoms with E-state index in [0.717, 1.165) is 0 Å². The molecule has 1 atom stereocenters. The van der Waals surface area contributed by atoms with Crippen molar-refractivity contribution in [3.63, 3.8) is 0 Å². The van der Waals surface area contributed by atoms with Crippen LogP contribution in [0.1, 0.15) is 23.2 Å². The fourth-order valence-electron chi connectivity index (χ4n) is 2.21. The van der Waals surface area contributed by atoms with Gasteiger partial charge in [-0.25, -0.2) is 0 Å². The predicted octanol–water partition coefficient (Wildman–Crippen LogP) is 1.86. The van der Waals surface area contributed by atoms with E-state index in [2.05, 4.69) is 0 Å². The molecule has 0 aliphatic carbocycles. The molecule has 1 aromatic rings. The van der Waals surface area contributed by atoms with Crippen molar-refractivity contribution in [2.45, 2.75) is 19.1 Å². The zero-order valence-electron chi connectivity index (χ0n) is 8.98. The third kappa shape index (κ3) is 1.69. The van der Waals surface area contributed by atoms with E-state index >= 15 is 0 Å². The third-order valence-electron chi connectivity index (χ3n) is 3.08. The summed E-state index contributed by atoms with van der Waals surface area (Å²) < 4.78 is 5.66. The van der Waals surface area contributed by atoms with E-state index in [1.54, 1.807) is 23.1 Å². The maximum Gasteiger partial charge on any atom is 0.260 e. The highest BCUT2D eigenvalue weighted by molar-refractivity contribution is 6.31.